The Balaban J connectivity index is 2.92. The highest BCUT2D eigenvalue weighted by Gasteiger charge is 2.19. The van der Waals surface area contributed by atoms with E-state index in [4.69, 9.17) is 10.00 Å². The van der Waals surface area contributed by atoms with E-state index in [1.54, 1.807) is 13.1 Å². The second-order valence-electron chi connectivity index (χ2n) is 3.74. The number of carbonyl (C=O) groups is 1. The number of rotatable bonds is 2. The highest BCUT2D eigenvalue weighted by Crippen LogP contribution is 2.31. The number of nitrogens with one attached hydrogen (secondary N) is 1. The summed E-state index contributed by atoms with van der Waals surface area (Å²) in [5, 5.41) is 13.3. The van der Waals surface area contributed by atoms with E-state index in [0.29, 0.717) is 16.9 Å². The number of nitrogens with zero attached hydrogens (tertiary/aromatic N) is 1. The molecule has 0 fully saturated rings. The van der Waals surface area contributed by atoms with Crippen LogP contribution in [-0.2, 0) is 0 Å². The molecular formula is C14H12N2O2. The lowest BCUT2D eigenvalue weighted by atomic mass is 9.99. The van der Waals surface area contributed by atoms with Gasteiger partial charge in [0.1, 0.15) is 11.8 Å². The molecule has 4 heteroatoms. The Morgan fingerprint density at radius 3 is 2.72 bits per heavy atom. The zero-order chi connectivity index (χ0) is 13.1. The average Bonchev–Trinajstić information content (AvgIpc) is 2.44. The van der Waals surface area contributed by atoms with E-state index in [-0.39, 0.29) is 5.91 Å². The van der Waals surface area contributed by atoms with Gasteiger partial charge in [0.15, 0.2) is 0 Å². The first-order chi connectivity index (χ1) is 8.72. The topological polar surface area (TPSA) is 62.1 Å². The number of nitriles is 1. The zero-order valence-corrected chi connectivity index (χ0v) is 10.2. The molecule has 2 rings (SSSR count). The standard InChI is InChI=1S/C14H12N2O2/c1-16-14(17)12-11-6-4-3-5-9(11)7-10(8-15)13(12)18-2/h3-7H,1-2H3,(H,16,17). The molecule has 0 heterocycles. The quantitative estimate of drug-likeness (QED) is 0.874. The fraction of sp³-hybridized carbons (Fsp3) is 0.143. The SMILES string of the molecule is CNC(=O)c1c(OC)c(C#N)cc2ccccc12. The summed E-state index contributed by atoms with van der Waals surface area (Å²) >= 11 is 0. The fourth-order valence-electron chi connectivity index (χ4n) is 1.97. The van der Waals surface area contributed by atoms with E-state index in [9.17, 15) is 4.79 Å². The van der Waals surface area contributed by atoms with Crippen LogP contribution in [0, 0.1) is 11.3 Å². The van der Waals surface area contributed by atoms with Crippen molar-refractivity contribution in [3.63, 3.8) is 0 Å². The summed E-state index contributed by atoms with van der Waals surface area (Å²) in [6.07, 6.45) is 0. The van der Waals surface area contributed by atoms with Crippen LogP contribution >= 0.6 is 0 Å². The molecule has 0 aliphatic heterocycles. The molecule has 0 unspecified atom stereocenters. The summed E-state index contributed by atoms with van der Waals surface area (Å²) < 4.78 is 5.22. The molecule has 2 aromatic rings. The van der Waals surface area contributed by atoms with Crippen LogP contribution in [0.2, 0.25) is 0 Å². The van der Waals surface area contributed by atoms with Gasteiger partial charge >= 0.3 is 0 Å². The predicted octanol–water partition coefficient (Wildman–Crippen LogP) is 2.08. The van der Waals surface area contributed by atoms with E-state index < -0.39 is 0 Å². The lowest BCUT2D eigenvalue weighted by Gasteiger charge is -2.12. The van der Waals surface area contributed by atoms with E-state index in [1.807, 2.05) is 24.3 Å². The first kappa shape index (κ1) is 11.9. The molecule has 0 bridgehead atoms. The maximum atomic E-state index is 12.0. The lowest BCUT2D eigenvalue weighted by Crippen LogP contribution is -2.19. The second kappa shape index (κ2) is 4.76. The molecule has 1 amide bonds. The minimum atomic E-state index is -0.264. The van der Waals surface area contributed by atoms with E-state index in [1.165, 1.54) is 7.11 Å². The molecule has 0 saturated heterocycles. The fourth-order valence-corrected chi connectivity index (χ4v) is 1.97. The van der Waals surface area contributed by atoms with Crippen molar-refractivity contribution in [3.8, 4) is 11.8 Å². The van der Waals surface area contributed by atoms with Gasteiger partial charge in [-0.25, -0.2) is 0 Å². The number of carbonyl (C=O) groups excluding carboxylic acids is 1. The van der Waals surface area contributed by atoms with Crippen molar-refractivity contribution >= 4 is 16.7 Å². The summed E-state index contributed by atoms with van der Waals surface area (Å²) in [6, 6.07) is 11.2. The van der Waals surface area contributed by atoms with Crippen LogP contribution in [0.25, 0.3) is 10.8 Å². The Labute approximate surface area is 105 Å². The van der Waals surface area contributed by atoms with Gasteiger partial charge in [0.05, 0.1) is 18.2 Å². The van der Waals surface area contributed by atoms with Crippen molar-refractivity contribution < 1.29 is 9.53 Å². The van der Waals surface area contributed by atoms with Crippen LogP contribution in [0.1, 0.15) is 15.9 Å². The molecule has 0 aliphatic rings. The van der Waals surface area contributed by atoms with Crippen molar-refractivity contribution in [2.75, 3.05) is 14.2 Å². The molecule has 2 aromatic carbocycles. The van der Waals surface area contributed by atoms with Gasteiger partial charge in [0.2, 0.25) is 0 Å². The third-order valence-electron chi connectivity index (χ3n) is 2.78. The lowest BCUT2D eigenvalue weighted by molar-refractivity contribution is 0.0962. The average molecular weight is 240 g/mol. The molecule has 0 spiro atoms. The van der Waals surface area contributed by atoms with Gasteiger partial charge in [-0.1, -0.05) is 24.3 Å². The number of hydrogen-bond donors (Lipinski definition) is 1. The van der Waals surface area contributed by atoms with Gasteiger partial charge in [-0.3, -0.25) is 4.79 Å². The molecule has 0 radical (unpaired) electrons. The van der Waals surface area contributed by atoms with E-state index in [0.717, 1.165) is 10.8 Å². The van der Waals surface area contributed by atoms with E-state index >= 15 is 0 Å². The summed E-state index contributed by atoms with van der Waals surface area (Å²) in [5.74, 6) is 0.0516. The second-order valence-corrected chi connectivity index (χ2v) is 3.74. The minimum absolute atomic E-state index is 0.264. The largest absolute Gasteiger partial charge is 0.495 e. The van der Waals surface area contributed by atoms with Crippen molar-refractivity contribution in [1.29, 1.82) is 5.26 Å². The molecule has 0 atom stereocenters. The summed E-state index contributed by atoms with van der Waals surface area (Å²) in [5.41, 5.74) is 0.754. The van der Waals surface area contributed by atoms with Crippen LogP contribution in [0.5, 0.6) is 5.75 Å². The molecule has 4 nitrogen and oxygen atoms in total. The monoisotopic (exact) mass is 240 g/mol. The van der Waals surface area contributed by atoms with Gasteiger partial charge < -0.3 is 10.1 Å². The summed E-state index contributed by atoms with van der Waals surface area (Å²) in [4.78, 5) is 12.0. The van der Waals surface area contributed by atoms with Crippen molar-refractivity contribution in [2.45, 2.75) is 0 Å². The third-order valence-corrected chi connectivity index (χ3v) is 2.78. The highest BCUT2D eigenvalue weighted by molar-refractivity contribution is 6.10. The number of fused-ring (bicyclic) bond motifs is 1. The van der Waals surface area contributed by atoms with Gasteiger partial charge in [0, 0.05) is 7.05 Å². The summed E-state index contributed by atoms with van der Waals surface area (Å²) in [6.45, 7) is 0. The van der Waals surface area contributed by atoms with Gasteiger partial charge in [-0.15, -0.1) is 0 Å². The normalized spacial score (nSPS) is 9.83. The minimum Gasteiger partial charge on any atom is -0.495 e. The molecule has 18 heavy (non-hydrogen) atoms. The van der Waals surface area contributed by atoms with Crippen LogP contribution in [0.15, 0.2) is 30.3 Å². The smallest absolute Gasteiger partial charge is 0.255 e. The number of ether oxygens (including phenoxy) is 1. The molecule has 0 saturated carbocycles. The molecular weight excluding hydrogens is 228 g/mol. The third kappa shape index (κ3) is 1.76. The first-order valence-corrected chi connectivity index (χ1v) is 5.44. The number of hydrogen-bond acceptors (Lipinski definition) is 3. The Morgan fingerprint density at radius 2 is 2.11 bits per heavy atom. The van der Waals surface area contributed by atoms with E-state index in [2.05, 4.69) is 11.4 Å². The molecule has 1 N–H and O–H groups in total. The summed E-state index contributed by atoms with van der Waals surface area (Å²) in [7, 11) is 3.01. The first-order valence-electron chi connectivity index (χ1n) is 5.44. The predicted molar refractivity (Wildman–Crippen MR) is 68.6 cm³/mol. The Bertz CT molecular complexity index is 657. The maximum Gasteiger partial charge on any atom is 0.255 e. The van der Waals surface area contributed by atoms with Gasteiger partial charge in [-0.2, -0.15) is 5.26 Å². The van der Waals surface area contributed by atoms with Crippen molar-refractivity contribution in [2.24, 2.45) is 0 Å². The van der Waals surface area contributed by atoms with Crippen molar-refractivity contribution in [3.05, 3.63) is 41.5 Å². The zero-order valence-electron chi connectivity index (χ0n) is 10.2. The Kier molecular flexibility index (Phi) is 3.16. The molecule has 90 valence electrons. The molecule has 0 aliphatic carbocycles. The highest BCUT2D eigenvalue weighted by atomic mass is 16.5. The number of benzene rings is 2. The van der Waals surface area contributed by atoms with Crippen LogP contribution in [0.3, 0.4) is 0 Å². The van der Waals surface area contributed by atoms with Crippen molar-refractivity contribution in [1.82, 2.24) is 5.32 Å². The number of methoxy groups -OCH3 is 1. The van der Waals surface area contributed by atoms with Gasteiger partial charge in [0.25, 0.3) is 5.91 Å². The van der Waals surface area contributed by atoms with Crippen LogP contribution in [0.4, 0.5) is 0 Å². The van der Waals surface area contributed by atoms with Crippen LogP contribution in [-0.4, -0.2) is 20.1 Å². The van der Waals surface area contributed by atoms with Gasteiger partial charge in [-0.05, 0) is 16.8 Å². The molecule has 0 aromatic heterocycles. The number of amides is 1. The van der Waals surface area contributed by atoms with Crippen LogP contribution < -0.4 is 10.1 Å². The Hall–Kier alpha value is -2.54. The maximum absolute atomic E-state index is 12.0. The Morgan fingerprint density at radius 1 is 1.39 bits per heavy atom.